The highest BCUT2D eigenvalue weighted by Crippen LogP contribution is 2.31. The van der Waals surface area contributed by atoms with E-state index in [1.54, 1.807) is 6.07 Å². The molecule has 1 atom stereocenters. The van der Waals surface area contributed by atoms with E-state index in [0.717, 1.165) is 17.9 Å². The maximum Gasteiger partial charge on any atom is 0.167 e. The van der Waals surface area contributed by atoms with Crippen molar-refractivity contribution in [2.24, 2.45) is 0 Å². The summed E-state index contributed by atoms with van der Waals surface area (Å²) < 4.78 is 24.7. The molecule has 2 rings (SSSR count). The van der Waals surface area contributed by atoms with Gasteiger partial charge in [0, 0.05) is 12.1 Å². The third-order valence-electron chi connectivity index (χ3n) is 3.13. The smallest absolute Gasteiger partial charge is 0.167 e. The van der Waals surface area contributed by atoms with Crippen LogP contribution in [0.4, 0.5) is 15.8 Å². The Morgan fingerprint density at radius 1 is 1.38 bits per heavy atom. The number of anilines is 2. The summed E-state index contributed by atoms with van der Waals surface area (Å²) >= 11 is 0. The highest BCUT2D eigenvalue weighted by Gasteiger charge is 2.14. The van der Waals surface area contributed by atoms with Gasteiger partial charge in [0.15, 0.2) is 11.6 Å². The molecule has 5 heteroatoms. The average Bonchev–Trinajstić information content (AvgIpc) is 2.87. The Morgan fingerprint density at radius 2 is 2.14 bits per heavy atom. The fourth-order valence-electron chi connectivity index (χ4n) is 2.01. The summed E-state index contributed by atoms with van der Waals surface area (Å²) in [6.45, 7) is 6.27. The van der Waals surface area contributed by atoms with E-state index in [4.69, 9.17) is 14.9 Å². The highest BCUT2D eigenvalue weighted by atomic mass is 19.1. The summed E-state index contributed by atoms with van der Waals surface area (Å²) in [7, 11) is 0. The van der Waals surface area contributed by atoms with Crippen LogP contribution in [0.1, 0.15) is 37.8 Å². The van der Waals surface area contributed by atoms with Gasteiger partial charge < -0.3 is 20.2 Å². The summed E-state index contributed by atoms with van der Waals surface area (Å²) in [5.74, 6) is 1.40. The molecule has 1 heterocycles. The number of nitrogens with two attached hydrogens (primary N) is 1. The van der Waals surface area contributed by atoms with E-state index < -0.39 is 5.82 Å². The topological polar surface area (TPSA) is 60.4 Å². The number of hydrogen-bond acceptors (Lipinski definition) is 4. The van der Waals surface area contributed by atoms with E-state index in [-0.39, 0.29) is 11.8 Å². The molecule has 21 heavy (non-hydrogen) atoms. The van der Waals surface area contributed by atoms with Gasteiger partial charge in [-0.2, -0.15) is 0 Å². The number of halogens is 1. The lowest BCUT2D eigenvalue weighted by Gasteiger charge is -2.16. The third-order valence-corrected chi connectivity index (χ3v) is 3.13. The number of furan rings is 1. The molecule has 0 saturated carbocycles. The zero-order valence-electron chi connectivity index (χ0n) is 12.6. The Labute approximate surface area is 124 Å². The Hall–Kier alpha value is -2.17. The van der Waals surface area contributed by atoms with Crippen molar-refractivity contribution in [3.8, 4) is 5.75 Å². The van der Waals surface area contributed by atoms with Crippen LogP contribution in [0.5, 0.6) is 5.75 Å². The van der Waals surface area contributed by atoms with E-state index in [0.29, 0.717) is 18.0 Å². The molecule has 0 amide bonds. The van der Waals surface area contributed by atoms with Crippen molar-refractivity contribution in [3.05, 3.63) is 41.6 Å². The summed E-state index contributed by atoms with van der Waals surface area (Å²) in [5, 5.41) is 3.22. The van der Waals surface area contributed by atoms with Crippen molar-refractivity contribution >= 4 is 11.4 Å². The van der Waals surface area contributed by atoms with Gasteiger partial charge in [0.2, 0.25) is 0 Å². The average molecular weight is 292 g/mol. The minimum absolute atomic E-state index is 0.0783. The number of benzene rings is 1. The molecule has 0 aliphatic rings. The van der Waals surface area contributed by atoms with Gasteiger partial charge in [-0.15, -0.1) is 0 Å². The number of hydrogen-bond donors (Lipinski definition) is 2. The standard InChI is InChI=1S/C16H21FN2O2/c1-4-7-20-16-9-14(13(18)8-12(16)17)19-11(3)15-6-5-10(2)21-15/h5-6,8-9,11,19H,4,7,18H2,1-3H3. The molecule has 1 unspecified atom stereocenters. The molecular weight excluding hydrogens is 271 g/mol. The predicted octanol–water partition coefficient (Wildman–Crippen LogP) is 4.27. The predicted molar refractivity (Wildman–Crippen MR) is 82.1 cm³/mol. The van der Waals surface area contributed by atoms with Crippen LogP contribution in [-0.2, 0) is 0 Å². The molecule has 0 saturated heterocycles. The second-order valence-corrected chi connectivity index (χ2v) is 5.03. The molecule has 1 aromatic carbocycles. The molecule has 0 aliphatic heterocycles. The molecule has 114 valence electrons. The van der Waals surface area contributed by atoms with Gasteiger partial charge in [-0.25, -0.2) is 4.39 Å². The minimum atomic E-state index is -0.451. The summed E-state index contributed by atoms with van der Waals surface area (Å²) in [6.07, 6.45) is 0.814. The Balaban J connectivity index is 2.18. The molecule has 2 aromatic rings. The van der Waals surface area contributed by atoms with Gasteiger partial charge in [-0.05, 0) is 32.4 Å². The monoisotopic (exact) mass is 292 g/mol. The lowest BCUT2D eigenvalue weighted by molar-refractivity contribution is 0.301. The maximum atomic E-state index is 13.8. The van der Waals surface area contributed by atoms with Gasteiger partial charge in [0.1, 0.15) is 11.5 Å². The van der Waals surface area contributed by atoms with Crippen LogP contribution >= 0.6 is 0 Å². The van der Waals surface area contributed by atoms with Crippen LogP contribution in [0.15, 0.2) is 28.7 Å². The molecule has 0 bridgehead atoms. The number of nitrogens with one attached hydrogen (secondary N) is 1. The van der Waals surface area contributed by atoms with Crippen LogP contribution in [-0.4, -0.2) is 6.61 Å². The van der Waals surface area contributed by atoms with Crippen LogP contribution in [0.3, 0.4) is 0 Å². The van der Waals surface area contributed by atoms with E-state index in [9.17, 15) is 4.39 Å². The van der Waals surface area contributed by atoms with Gasteiger partial charge in [0.05, 0.1) is 24.0 Å². The molecule has 1 aromatic heterocycles. The lowest BCUT2D eigenvalue weighted by Crippen LogP contribution is -2.09. The quantitative estimate of drug-likeness (QED) is 0.780. The number of rotatable bonds is 6. The van der Waals surface area contributed by atoms with Gasteiger partial charge in [-0.1, -0.05) is 6.92 Å². The first-order valence-electron chi connectivity index (χ1n) is 7.06. The molecule has 0 fully saturated rings. The summed E-state index contributed by atoms with van der Waals surface area (Å²) in [5.41, 5.74) is 6.83. The molecule has 0 radical (unpaired) electrons. The van der Waals surface area contributed by atoms with Crippen molar-refractivity contribution in [3.63, 3.8) is 0 Å². The number of nitrogen functional groups attached to an aromatic ring is 1. The van der Waals surface area contributed by atoms with Gasteiger partial charge in [0.25, 0.3) is 0 Å². The molecule has 0 aliphatic carbocycles. The van der Waals surface area contributed by atoms with Crippen molar-refractivity contribution in [1.29, 1.82) is 0 Å². The van der Waals surface area contributed by atoms with Crippen LogP contribution in [0.2, 0.25) is 0 Å². The van der Waals surface area contributed by atoms with Crippen LogP contribution < -0.4 is 15.8 Å². The van der Waals surface area contributed by atoms with Crippen molar-refractivity contribution in [1.82, 2.24) is 0 Å². The number of aryl methyl sites for hydroxylation is 1. The number of ether oxygens (including phenoxy) is 1. The van der Waals surface area contributed by atoms with E-state index in [1.165, 1.54) is 6.07 Å². The third kappa shape index (κ3) is 3.68. The summed E-state index contributed by atoms with van der Waals surface area (Å²) in [4.78, 5) is 0. The molecule has 3 N–H and O–H groups in total. The first kappa shape index (κ1) is 15.2. The fourth-order valence-corrected chi connectivity index (χ4v) is 2.01. The highest BCUT2D eigenvalue weighted by molar-refractivity contribution is 5.69. The second-order valence-electron chi connectivity index (χ2n) is 5.03. The van der Waals surface area contributed by atoms with Crippen LogP contribution in [0.25, 0.3) is 0 Å². The maximum absolute atomic E-state index is 13.8. The fraction of sp³-hybridized carbons (Fsp3) is 0.375. The zero-order valence-corrected chi connectivity index (χ0v) is 12.6. The first-order chi connectivity index (χ1) is 10.0. The van der Waals surface area contributed by atoms with E-state index in [1.807, 2.05) is 32.9 Å². The lowest BCUT2D eigenvalue weighted by atomic mass is 10.2. The Morgan fingerprint density at radius 3 is 2.76 bits per heavy atom. The Kier molecular flexibility index (Phi) is 4.73. The van der Waals surface area contributed by atoms with Crippen molar-refractivity contribution in [2.75, 3.05) is 17.7 Å². The van der Waals surface area contributed by atoms with E-state index in [2.05, 4.69) is 5.32 Å². The zero-order chi connectivity index (χ0) is 15.4. The summed E-state index contributed by atoms with van der Waals surface area (Å²) in [6, 6.07) is 6.59. The SMILES string of the molecule is CCCOc1cc(NC(C)c2ccc(C)o2)c(N)cc1F. The Bertz CT molecular complexity index is 610. The minimum Gasteiger partial charge on any atom is -0.490 e. The largest absolute Gasteiger partial charge is 0.490 e. The first-order valence-corrected chi connectivity index (χ1v) is 7.06. The molecule has 4 nitrogen and oxygen atoms in total. The second kappa shape index (κ2) is 6.52. The van der Waals surface area contributed by atoms with Crippen molar-refractivity contribution in [2.45, 2.75) is 33.2 Å². The van der Waals surface area contributed by atoms with Gasteiger partial charge in [-0.3, -0.25) is 0 Å². The van der Waals surface area contributed by atoms with Gasteiger partial charge >= 0.3 is 0 Å². The normalized spacial score (nSPS) is 12.2. The van der Waals surface area contributed by atoms with Crippen molar-refractivity contribution < 1.29 is 13.5 Å². The molecule has 0 spiro atoms. The van der Waals surface area contributed by atoms with Crippen LogP contribution in [0, 0.1) is 12.7 Å². The van der Waals surface area contributed by atoms with E-state index >= 15 is 0 Å². The molecular formula is C16H21FN2O2.